The summed E-state index contributed by atoms with van der Waals surface area (Å²) in [6.45, 7) is 9.08. The van der Waals surface area contributed by atoms with Gasteiger partial charge in [-0.05, 0) is 57.0 Å². The minimum atomic E-state index is 0. The summed E-state index contributed by atoms with van der Waals surface area (Å²) in [5.41, 5.74) is 0. The van der Waals surface area contributed by atoms with Crippen LogP contribution in [0.15, 0.2) is 12.7 Å². The van der Waals surface area contributed by atoms with E-state index in [1.165, 1.54) is 25.7 Å². The van der Waals surface area contributed by atoms with Crippen molar-refractivity contribution in [2.45, 2.75) is 51.9 Å². The Morgan fingerprint density at radius 1 is 1.43 bits per heavy atom. The number of piperidine rings is 1. The highest BCUT2D eigenvalue weighted by molar-refractivity contribution is 5.85. The fraction of sp³-hybridized carbons (Fsp3) is 0.824. The lowest BCUT2D eigenvalue weighted by atomic mass is 9.85. The number of hydrogen-bond donors (Lipinski definition) is 1. The number of carbonyl (C=O) groups is 1. The van der Waals surface area contributed by atoms with E-state index < -0.39 is 0 Å². The van der Waals surface area contributed by atoms with Crippen LogP contribution in [0.1, 0.15) is 51.9 Å². The molecule has 0 aromatic rings. The largest absolute Gasteiger partial charge is 0.346 e. The average Bonchev–Trinajstić information content (AvgIpc) is 2.47. The molecule has 2 atom stereocenters. The van der Waals surface area contributed by atoms with E-state index in [0.29, 0.717) is 24.2 Å². The molecule has 0 aromatic heterocycles. The molecule has 1 saturated heterocycles. The maximum absolute atomic E-state index is 12.2. The van der Waals surface area contributed by atoms with Gasteiger partial charge in [0.05, 0.1) is 0 Å². The Hall–Kier alpha value is -0.540. The van der Waals surface area contributed by atoms with Gasteiger partial charge in [-0.25, -0.2) is 0 Å². The highest BCUT2D eigenvalue weighted by Crippen LogP contribution is 2.23. The molecular formula is C17H33ClN2O. The van der Waals surface area contributed by atoms with Crippen LogP contribution in [-0.4, -0.2) is 37.5 Å². The Labute approximate surface area is 137 Å². The summed E-state index contributed by atoms with van der Waals surface area (Å²) in [7, 11) is 1.95. The molecule has 4 heteroatoms. The number of halogens is 1. The first-order valence-corrected chi connectivity index (χ1v) is 8.20. The van der Waals surface area contributed by atoms with Crippen molar-refractivity contribution < 1.29 is 4.79 Å². The van der Waals surface area contributed by atoms with E-state index in [0.717, 1.165) is 32.5 Å². The van der Waals surface area contributed by atoms with Crippen molar-refractivity contribution in [1.29, 1.82) is 0 Å². The van der Waals surface area contributed by atoms with Gasteiger partial charge in [0.1, 0.15) is 0 Å². The Morgan fingerprint density at radius 2 is 2.19 bits per heavy atom. The molecule has 1 aliphatic heterocycles. The summed E-state index contributed by atoms with van der Waals surface area (Å²) in [5, 5.41) is 3.44. The second-order valence-corrected chi connectivity index (χ2v) is 6.24. The number of carbonyl (C=O) groups excluding carboxylic acids is 1. The molecule has 0 aliphatic carbocycles. The van der Waals surface area contributed by atoms with Gasteiger partial charge < -0.3 is 10.2 Å². The lowest BCUT2D eigenvalue weighted by Crippen LogP contribution is -2.36. The van der Waals surface area contributed by atoms with Crippen molar-refractivity contribution in [3.63, 3.8) is 0 Å². The lowest BCUT2D eigenvalue weighted by molar-refractivity contribution is -0.131. The summed E-state index contributed by atoms with van der Waals surface area (Å²) < 4.78 is 0. The van der Waals surface area contributed by atoms with Gasteiger partial charge in [-0.2, -0.15) is 0 Å². The van der Waals surface area contributed by atoms with E-state index >= 15 is 0 Å². The van der Waals surface area contributed by atoms with E-state index in [9.17, 15) is 4.79 Å². The second kappa shape index (κ2) is 12.0. The van der Waals surface area contributed by atoms with Crippen LogP contribution in [0.25, 0.3) is 0 Å². The van der Waals surface area contributed by atoms with Crippen LogP contribution in [0.5, 0.6) is 0 Å². The Kier molecular flexibility index (Phi) is 11.7. The maximum atomic E-state index is 12.2. The van der Waals surface area contributed by atoms with Crippen molar-refractivity contribution in [2.24, 2.45) is 11.8 Å². The van der Waals surface area contributed by atoms with E-state index in [2.05, 4.69) is 18.8 Å². The molecule has 0 radical (unpaired) electrons. The molecule has 2 unspecified atom stereocenters. The monoisotopic (exact) mass is 316 g/mol. The molecule has 0 bridgehead atoms. The molecule has 124 valence electrons. The van der Waals surface area contributed by atoms with E-state index in [1.807, 2.05) is 18.0 Å². The van der Waals surface area contributed by atoms with Gasteiger partial charge in [0.25, 0.3) is 0 Å². The van der Waals surface area contributed by atoms with E-state index in [-0.39, 0.29) is 12.4 Å². The van der Waals surface area contributed by atoms with Crippen molar-refractivity contribution in [3.8, 4) is 0 Å². The number of rotatable bonds is 9. The van der Waals surface area contributed by atoms with Crippen molar-refractivity contribution in [2.75, 3.05) is 26.7 Å². The molecule has 1 amide bonds. The Balaban J connectivity index is 0.00000400. The maximum Gasteiger partial charge on any atom is 0.222 e. The molecule has 1 aliphatic rings. The molecule has 0 saturated carbocycles. The van der Waals surface area contributed by atoms with Crippen molar-refractivity contribution in [1.82, 2.24) is 10.2 Å². The van der Waals surface area contributed by atoms with Gasteiger partial charge in [-0.15, -0.1) is 19.0 Å². The number of amides is 1. The number of allylic oxidation sites excluding steroid dienone is 1. The first kappa shape index (κ1) is 20.5. The number of nitrogens with zero attached hydrogens (tertiary/aromatic N) is 1. The normalized spacial score (nSPS) is 19.4. The highest BCUT2D eigenvalue weighted by atomic mass is 35.5. The molecular weight excluding hydrogens is 284 g/mol. The zero-order valence-electron chi connectivity index (χ0n) is 13.8. The van der Waals surface area contributed by atoms with Gasteiger partial charge >= 0.3 is 0 Å². The topological polar surface area (TPSA) is 32.3 Å². The third-order valence-electron chi connectivity index (χ3n) is 4.46. The van der Waals surface area contributed by atoms with Crippen LogP contribution >= 0.6 is 12.4 Å². The van der Waals surface area contributed by atoms with Crippen LogP contribution in [0, 0.1) is 11.8 Å². The standard InChI is InChI=1S/C17H32N2O.ClH/c1-4-5-6-7-8-12-19(3)17(20)13-15(2)16-10-9-11-18-14-16;/h4,15-16,18H,1,5-14H2,2-3H3;1H. The van der Waals surface area contributed by atoms with Gasteiger partial charge in [0.2, 0.25) is 5.91 Å². The zero-order valence-corrected chi connectivity index (χ0v) is 14.6. The molecule has 3 nitrogen and oxygen atoms in total. The van der Waals surface area contributed by atoms with Gasteiger partial charge in [-0.3, -0.25) is 4.79 Å². The average molecular weight is 317 g/mol. The predicted molar refractivity (Wildman–Crippen MR) is 92.9 cm³/mol. The highest BCUT2D eigenvalue weighted by Gasteiger charge is 2.23. The molecule has 1 rings (SSSR count). The smallest absolute Gasteiger partial charge is 0.222 e. The fourth-order valence-corrected chi connectivity index (χ4v) is 2.90. The Bertz CT molecular complexity index is 291. The zero-order chi connectivity index (χ0) is 14.8. The molecule has 1 N–H and O–H groups in total. The number of nitrogens with one attached hydrogen (secondary N) is 1. The SMILES string of the molecule is C=CCCCCCN(C)C(=O)CC(C)C1CCCNC1.Cl. The van der Waals surface area contributed by atoms with Crippen LogP contribution in [-0.2, 0) is 4.79 Å². The van der Waals surface area contributed by atoms with Crippen molar-refractivity contribution >= 4 is 18.3 Å². The summed E-state index contributed by atoms with van der Waals surface area (Å²) in [6, 6.07) is 0. The molecule has 21 heavy (non-hydrogen) atoms. The van der Waals surface area contributed by atoms with Crippen LogP contribution in [0.3, 0.4) is 0 Å². The Morgan fingerprint density at radius 3 is 2.81 bits per heavy atom. The van der Waals surface area contributed by atoms with Gasteiger partial charge in [0, 0.05) is 20.0 Å². The minimum Gasteiger partial charge on any atom is -0.346 e. The fourth-order valence-electron chi connectivity index (χ4n) is 2.90. The minimum absolute atomic E-state index is 0. The van der Waals surface area contributed by atoms with Crippen LogP contribution in [0.4, 0.5) is 0 Å². The predicted octanol–water partition coefficient (Wildman–Crippen LogP) is 3.64. The van der Waals surface area contributed by atoms with E-state index in [1.54, 1.807) is 0 Å². The summed E-state index contributed by atoms with van der Waals surface area (Å²) in [5.74, 6) is 1.49. The lowest BCUT2D eigenvalue weighted by Gasteiger charge is -2.29. The number of hydrogen-bond acceptors (Lipinski definition) is 2. The second-order valence-electron chi connectivity index (χ2n) is 6.24. The first-order chi connectivity index (χ1) is 9.65. The molecule has 1 fully saturated rings. The third kappa shape index (κ3) is 8.47. The summed E-state index contributed by atoms with van der Waals surface area (Å²) in [4.78, 5) is 14.1. The first-order valence-electron chi connectivity index (χ1n) is 8.20. The van der Waals surface area contributed by atoms with Gasteiger partial charge in [-0.1, -0.05) is 19.4 Å². The number of unbranched alkanes of at least 4 members (excludes halogenated alkanes) is 3. The van der Waals surface area contributed by atoms with Crippen LogP contribution in [0.2, 0.25) is 0 Å². The summed E-state index contributed by atoms with van der Waals surface area (Å²) >= 11 is 0. The van der Waals surface area contributed by atoms with Crippen LogP contribution < -0.4 is 5.32 Å². The molecule has 0 spiro atoms. The van der Waals surface area contributed by atoms with Gasteiger partial charge in [0.15, 0.2) is 0 Å². The third-order valence-corrected chi connectivity index (χ3v) is 4.46. The molecule has 0 aromatic carbocycles. The van der Waals surface area contributed by atoms with Crippen molar-refractivity contribution in [3.05, 3.63) is 12.7 Å². The molecule has 1 heterocycles. The van der Waals surface area contributed by atoms with E-state index in [4.69, 9.17) is 0 Å². The summed E-state index contributed by atoms with van der Waals surface area (Å²) in [6.07, 6.45) is 9.76. The quantitative estimate of drug-likeness (QED) is 0.520.